The van der Waals surface area contributed by atoms with E-state index in [0.29, 0.717) is 11.1 Å². The first-order valence-corrected chi connectivity index (χ1v) is 6.26. The standard InChI is InChI=1S/C16H12O5/c1-8-11(18)7-12(19)14-15(20)13(21-16(8)14)6-9-2-4-10(17)5-3-9/h2-7,17-19H,1H3/b13-6-. The second-order valence-electron chi connectivity index (χ2n) is 4.78. The maximum atomic E-state index is 12.3. The van der Waals surface area contributed by atoms with Gasteiger partial charge in [0.05, 0.1) is 0 Å². The molecule has 0 aliphatic carbocycles. The van der Waals surface area contributed by atoms with Gasteiger partial charge in [0.1, 0.15) is 28.6 Å². The third kappa shape index (κ3) is 2.08. The Labute approximate surface area is 120 Å². The molecule has 5 nitrogen and oxygen atoms in total. The van der Waals surface area contributed by atoms with Gasteiger partial charge in [-0.25, -0.2) is 0 Å². The summed E-state index contributed by atoms with van der Waals surface area (Å²) in [4.78, 5) is 12.3. The van der Waals surface area contributed by atoms with Crippen molar-refractivity contribution in [1.82, 2.24) is 0 Å². The first-order valence-electron chi connectivity index (χ1n) is 6.26. The van der Waals surface area contributed by atoms with Gasteiger partial charge in [0.25, 0.3) is 0 Å². The molecular formula is C16H12O5. The van der Waals surface area contributed by atoms with Crippen LogP contribution in [0.2, 0.25) is 0 Å². The number of phenolic OH excluding ortho intramolecular Hbond substituents is 3. The van der Waals surface area contributed by atoms with E-state index in [2.05, 4.69) is 0 Å². The van der Waals surface area contributed by atoms with E-state index < -0.39 is 5.78 Å². The lowest BCUT2D eigenvalue weighted by Crippen LogP contribution is -1.98. The maximum Gasteiger partial charge on any atom is 0.235 e. The fourth-order valence-corrected chi connectivity index (χ4v) is 2.17. The van der Waals surface area contributed by atoms with Gasteiger partial charge in [-0.3, -0.25) is 4.79 Å². The van der Waals surface area contributed by atoms with E-state index in [4.69, 9.17) is 4.74 Å². The number of ketones is 1. The highest BCUT2D eigenvalue weighted by Crippen LogP contribution is 2.44. The average Bonchev–Trinajstić information content (AvgIpc) is 2.77. The van der Waals surface area contributed by atoms with Crippen molar-refractivity contribution in [2.45, 2.75) is 6.92 Å². The normalized spacial score (nSPS) is 15.1. The zero-order valence-electron chi connectivity index (χ0n) is 11.1. The first-order chi connectivity index (χ1) is 9.97. The molecule has 21 heavy (non-hydrogen) atoms. The predicted molar refractivity (Wildman–Crippen MR) is 75.6 cm³/mol. The number of hydrogen-bond donors (Lipinski definition) is 3. The minimum atomic E-state index is -0.446. The smallest absolute Gasteiger partial charge is 0.235 e. The highest BCUT2D eigenvalue weighted by Gasteiger charge is 2.33. The minimum absolute atomic E-state index is 0.0512. The number of rotatable bonds is 1. The Balaban J connectivity index is 2.06. The number of benzene rings is 2. The molecule has 1 heterocycles. The van der Waals surface area contributed by atoms with Crippen LogP contribution in [0.25, 0.3) is 6.08 Å². The lowest BCUT2D eigenvalue weighted by Gasteiger charge is -2.05. The summed E-state index contributed by atoms with van der Waals surface area (Å²) >= 11 is 0. The monoisotopic (exact) mass is 284 g/mol. The van der Waals surface area contributed by atoms with Gasteiger partial charge in [0.15, 0.2) is 5.76 Å². The van der Waals surface area contributed by atoms with Crippen LogP contribution in [0.1, 0.15) is 21.5 Å². The van der Waals surface area contributed by atoms with Gasteiger partial charge in [-0.05, 0) is 30.7 Å². The Kier molecular flexibility index (Phi) is 2.83. The second-order valence-corrected chi connectivity index (χ2v) is 4.78. The predicted octanol–water partition coefficient (Wildman–Crippen LogP) is 2.73. The van der Waals surface area contributed by atoms with Gasteiger partial charge in [0.2, 0.25) is 5.78 Å². The fraction of sp³-hybridized carbons (Fsp3) is 0.0625. The summed E-state index contributed by atoms with van der Waals surface area (Å²) in [5.74, 6) is -0.546. The van der Waals surface area contributed by atoms with Gasteiger partial charge in [-0.2, -0.15) is 0 Å². The van der Waals surface area contributed by atoms with Gasteiger partial charge in [0, 0.05) is 11.6 Å². The van der Waals surface area contributed by atoms with Crippen LogP contribution < -0.4 is 4.74 Å². The number of carbonyl (C=O) groups is 1. The van der Waals surface area contributed by atoms with Gasteiger partial charge < -0.3 is 20.1 Å². The number of Topliss-reactive ketones (excluding diaryl/α,β-unsaturated/α-hetero) is 1. The SMILES string of the molecule is Cc1c(O)cc(O)c2c1O/C(=C\c1ccc(O)cc1)C2=O. The Morgan fingerprint density at radius 1 is 1.05 bits per heavy atom. The van der Waals surface area contributed by atoms with E-state index in [1.807, 2.05) is 0 Å². The van der Waals surface area contributed by atoms with Crippen molar-refractivity contribution in [2.75, 3.05) is 0 Å². The minimum Gasteiger partial charge on any atom is -0.508 e. The Morgan fingerprint density at radius 3 is 2.38 bits per heavy atom. The van der Waals surface area contributed by atoms with E-state index >= 15 is 0 Å². The Bertz CT molecular complexity index is 772. The summed E-state index contributed by atoms with van der Waals surface area (Å²) in [6.07, 6.45) is 1.51. The van der Waals surface area contributed by atoms with Crippen molar-refractivity contribution < 1.29 is 24.9 Å². The molecule has 0 fully saturated rings. The number of allylic oxidation sites excluding steroid dienone is 1. The molecule has 1 aliphatic heterocycles. The summed E-state index contributed by atoms with van der Waals surface area (Å²) in [5.41, 5.74) is 1.12. The summed E-state index contributed by atoms with van der Waals surface area (Å²) in [7, 11) is 0. The Hall–Kier alpha value is -2.95. The van der Waals surface area contributed by atoms with E-state index in [-0.39, 0.29) is 34.3 Å². The number of carbonyl (C=O) groups excluding carboxylic acids is 1. The molecule has 0 bridgehead atoms. The number of fused-ring (bicyclic) bond motifs is 1. The molecule has 0 aromatic heterocycles. The van der Waals surface area contributed by atoms with Crippen molar-refractivity contribution in [2.24, 2.45) is 0 Å². The number of ether oxygens (including phenoxy) is 1. The molecule has 5 heteroatoms. The highest BCUT2D eigenvalue weighted by atomic mass is 16.5. The third-order valence-corrected chi connectivity index (χ3v) is 3.34. The molecule has 0 radical (unpaired) electrons. The van der Waals surface area contributed by atoms with E-state index in [1.54, 1.807) is 19.1 Å². The Morgan fingerprint density at radius 2 is 1.71 bits per heavy atom. The van der Waals surface area contributed by atoms with Crippen molar-refractivity contribution in [1.29, 1.82) is 0 Å². The summed E-state index contributed by atoms with van der Waals surface area (Å²) in [6.45, 7) is 1.60. The molecule has 0 saturated heterocycles. The molecule has 0 unspecified atom stereocenters. The van der Waals surface area contributed by atoms with Crippen LogP contribution in [-0.2, 0) is 0 Å². The van der Waals surface area contributed by atoms with Gasteiger partial charge in [-0.15, -0.1) is 0 Å². The molecule has 2 aromatic rings. The van der Waals surface area contributed by atoms with Crippen LogP contribution >= 0.6 is 0 Å². The van der Waals surface area contributed by atoms with Crippen LogP contribution in [0.15, 0.2) is 36.1 Å². The topological polar surface area (TPSA) is 87.0 Å². The number of aromatic hydroxyl groups is 3. The van der Waals surface area contributed by atoms with E-state index in [1.165, 1.54) is 18.2 Å². The largest absolute Gasteiger partial charge is 0.508 e. The second kappa shape index (κ2) is 4.56. The molecule has 106 valence electrons. The third-order valence-electron chi connectivity index (χ3n) is 3.34. The highest BCUT2D eigenvalue weighted by molar-refractivity contribution is 6.16. The first kappa shape index (κ1) is 13.1. The molecule has 1 aliphatic rings. The van der Waals surface area contributed by atoms with Crippen LogP contribution in [0.4, 0.5) is 0 Å². The van der Waals surface area contributed by atoms with E-state index in [9.17, 15) is 20.1 Å². The fourth-order valence-electron chi connectivity index (χ4n) is 2.17. The summed E-state index contributed by atoms with van der Waals surface area (Å²) in [5, 5.41) is 28.7. The van der Waals surface area contributed by atoms with Gasteiger partial charge in [-0.1, -0.05) is 12.1 Å². The quantitative estimate of drug-likeness (QED) is 0.701. The van der Waals surface area contributed by atoms with Crippen LogP contribution in [0.5, 0.6) is 23.0 Å². The lowest BCUT2D eigenvalue weighted by atomic mass is 10.0. The molecule has 0 spiro atoms. The molecular weight excluding hydrogens is 272 g/mol. The molecule has 0 atom stereocenters. The molecule has 2 aromatic carbocycles. The van der Waals surface area contributed by atoms with Crippen molar-refractivity contribution in [3.8, 4) is 23.0 Å². The lowest BCUT2D eigenvalue weighted by molar-refractivity contribution is 0.101. The molecule has 0 saturated carbocycles. The van der Waals surface area contributed by atoms with E-state index in [0.717, 1.165) is 6.07 Å². The zero-order valence-corrected chi connectivity index (χ0v) is 11.1. The zero-order chi connectivity index (χ0) is 15.1. The number of phenols is 3. The van der Waals surface area contributed by atoms with Crippen molar-refractivity contribution >= 4 is 11.9 Å². The van der Waals surface area contributed by atoms with Crippen LogP contribution in [0, 0.1) is 6.92 Å². The number of hydrogen-bond acceptors (Lipinski definition) is 5. The molecule has 0 amide bonds. The average molecular weight is 284 g/mol. The van der Waals surface area contributed by atoms with Gasteiger partial charge >= 0.3 is 0 Å². The maximum absolute atomic E-state index is 12.3. The van der Waals surface area contributed by atoms with Crippen molar-refractivity contribution in [3.63, 3.8) is 0 Å². The summed E-state index contributed by atoms with van der Waals surface area (Å²) in [6, 6.07) is 7.37. The molecule has 3 rings (SSSR count). The summed E-state index contributed by atoms with van der Waals surface area (Å²) < 4.78 is 5.47. The molecule has 3 N–H and O–H groups in total. The van der Waals surface area contributed by atoms with Crippen LogP contribution in [-0.4, -0.2) is 21.1 Å². The van der Waals surface area contributed by atoms with Crippen molar-refractivity contribution in [3.05, 3.63) is 52.8 Å². The van der Waals surface area contributed by atoms with Crippen LogP contribution in [0.3, 0.4) is 0 Å².